The van der Waals surface area contributed by atoms with E-state index in [1.807, 2.05) is 4.90 Å². The van der Waals surface area contributed by atoms with E-state index in [1.165, 1.54) is 0 Å². The lowest BCUT2D eigenvalue weighted by atomic mass is 9.74. The number of carbonyl (C=O) groups excluding carboxylic acids is 1. The topological polar surface area (TPSA) is 69.6 Å². The lowest BCUT2D eigenvalue weighted by molar-refractivity contribution is -0.147. The molecule has 2 fully saturated rings. The molecular weight excluding hydrogens is 256 g/mol. The van der Waals surface area contributed by atoms with Gasteiger partial charge in [0, 0.05) is 26.1 Å². The van der Waals surface area contributed by atoms with Crippen molar-refractivity contribution in [2.24, 2.45) is 17.3 Å². The van der Waals surface area contributed by atoms with Crippen molar-refractivity contribution in [2.45, 2.75) is 39.5 Å². The first-order chi connectivity index (χ1) is 9.45. The van der Waals surface area contributed by atoms with Crippen molar-refractivity contribution in [1.29, 1.82) is 0 Å². The Bertz CT molecular complexity index is 375. The maximum atomic E-state index is 12.9. The van der Waals surface area contributed by atoms with Gasteiger partial charge in [-0.25, -0.2) is 0 Å². The number of rotatable bonds is 4. The minimum Gasteiger partial charge on any atom is -0.481 e. The number of piperidine rings is 1. The van der Waals surface area contributed by atoms with E-state index in [0.717, 1.165) is 38.9 Å². The van der Waals surface area contributed by atoms with Crippen LogP contribution < -0.4 is 5.32 Å². The summed E-state index contributed by atoms with van der Waals surface area (Å²) in [5.41, 5.74) is -0.287. The number of carboxylic acids is 1. The molecule has 0 bridgehead atoms. The molecule has 0 aromatic rings. The Morgan fingerprint density at radius 1 is 1.45 bits per heavy atom. The summed E-state index contributed by atoms with van der Waals surface area (Å²) in [7, 11) is 0. The summed E-state index contributed by atoms with van der Waals surface area (Å²) in [5.74, 6) is -0.105. The highest BCUT2D eigenvalue weighted by molar-refractivity contribution is 5.84. The van der Waals surface area contributed by atoms with Crippen LogP contribution in [0, 0.1) is 17.3 Å². The molecule has 0 aromatic heterocycles. The molecular formula is C15H26N2O3. The maximum absolute atomic E-state index is 12.9. The molecule has 2 atom stereocenters. The Hall–Kier alpha value is -1.10. The van der Waals surface area contributed by atoms with Gasteiger partial charge in [0.1, 0.15) is 0 Å². The molecule has 114 valence electrons. The first-order valence-corrected chi connectivity index (χ1v) is 7.67. The Kier molecular flexibility index (Phi) is 4.68. The smallest absolute Gasteiger partial charge is 0.303 e. The molecule has 0 saturated carbocycles. The minimum atomic E-state index is -0.759. The van der Waals surface area contributed by atoms with Gasteiger partial charge in [0.25, 0.3) is 0 Å². The summed E-state index contributed by atoms with van der Waals surface area (Å²) in [6.07, 6.45) is 2.91. The van der Waals surface area contributed by atoms with E-state index in [0.29, 0.717) is 12.5 Å². The zero-order chi connectivity index (χ0) is 14.8. The molecule has 2 unspecified atom stereocenters. The summed E-state index contributed by atoms with van der Waals surface area (Å²) < 4.78 is 0. The molecule has 5 heteroatoms. The predicted octanol–water partition coefficient (Wildman–Crippen LogP) is 1.34. The van der Waals surface area contributed by atoms with Gasteiger partial charge in [-0.3, -0.25) is 9.59 Å². The zero-order valence-corrected chi connectivity index (χ0v) is 12.5. The second-order valence-electron chi connectivity index (χ2n) is 6.59. The van der Waals surface area contributed by atoms with Crippen molar-refractivity contribution in [3.05, 3.63) is 0 Å². The van der Waals surface area contributed by atoms with Crippen LogP contribution >= 0.6 is 0 Å². The van der Waals surface area contributed by atoms with Crippen LogP contribution in [0.1, 0.15) is 39.5 Å². The van der Waals surface area contributed by atoms with Crippen molar-refractivity contribution in [1.82, 2.24) is 10.2 Å². The summed E-state index contributed by atoms with van der Waals surface area (Å²) in [6, 6.07) is 0. The van der Waals surface area contributed by atoms with Crippen LogP contribution in [-0.2, 0) is 9.59 Å². The van der Waals surface area contributed by atoms with Gasteiger partial charge in [-0.05, 0) is 37.6 Å². The number of nitrogens with one attached hydrogen (secondary N) is 1. The number of amides is 1. The third kappa shape index (κ3) is 2.97. The van der Waals surface area contributed by atoms with Gasteiger partial charge in [0.15, 0.2) is 0 Å². The second kappa shape index (κ2) is 6.12. The second-order valence-corrected chi connectivity index (χ2v) is 6.59. The van der Waals surface area contributed by atoms with Crippen molar-refractivity contribution in [2.75, 3.05) is 26.2 Å². The van der Waals surface area contributed by atoms with Crippen LogP contribution in [-0.4, -0.2) is 48.1 Å². The fourth-order valence-corrected chi connectivity index (χ4v) is 3.61. The number of hydrogen-bond donors (Lipinski definition) is 2. The number of likely N-dealkylation sites (tertiary alicyclic amines) is 1. The Morgan fingerprint density at radius 2 is 2.20 bits per heavy atom. The SMILES string of the molecule is CC(C)C1(C(=O)N2CCCC(CC(=O)O)C2)CCNC1. The highest BCUT2D eigenvalue weighted by atomic mass is 16.4. The largest absolute Gasteiger partial charge is 0.481 e. The van der Waals surface area contributed by atoms with Crippen LogP contribution in [0.2, 0.25) is 0 Å². The van der Waals surface area contributed by atoms with Crippen molar-refractivity contribution < 1.29 is 14.7 Å². The van der Waals surface area contributed by atoms with Crippen LogP contribution in [0.25, 0.3) is 0 Å². The van der Waals surface area contributed by atoms with E-state index < -0.39 is 5.97 Å². The summed E-state index contributed by atoms with van der Waals surface area (Å²) in [5, 5.41) is 12.2. The summed E-state index contributed by atoms with van der Waals surface area (Å²) >= 11 is 0. The number of carbonyl (C=O) groups is 2. The fourth-order valence-electron chi connectivity index (χ4n) is 3.61. The molecule has 2 aliphatic rings. The van der Waals surface area contributed by atoms with E-state index in [2.05, 4.69) is 19.2 Å². The van der Waals surface area contributed by atoms with Gasteiger partial charge >= 0.3 is 5.97 Å². The standard InChI is InChI=1S/C15H26N2O3/c1-11(2)15(5-6-16-10-15)14(20)17-7-3-4-12(9-17)8-13(18)19/h11-12,16H,3-10H2,1-2H3,(H,18,19). The number of aliphatic carboxylic acids is 1. The van der Waals surface area contributed by atoms with Gasteiger partial charge in [-0.15, -0.1) is 0 Å². The molecule has 5 nitrogen and oxygen atoms in total. The number of hydrogen-bond acceptors (Lipinski definition) is 3. The highest BCUT2D eigenvalue weighted by Gasteiger charge is 2.46. The van der Waals surface area contributed by atoms with E-state index in [-0.39, 0.29) is 23.7 Å². The van der Waals surface area contributed by atoms with Gasteiger partial charge in [-0.2, -0.15) is 0 Å². The lowest BCUT2D eigenvalue weighted by Crippen LogP contribution is -2.51. The quantitative estimate of drug-likeness (QED) is 0.816. The van der Waals surface area contributed by atoms with E-state index in [9.17, 15) is 9.59 Å². The molecule has 2 rings (SSSR count). The summed E-state index contributed by atoms with van der Waals surface area (Å²) in [4.78, 5) is 25.7. The van der Waals surface area contributed by atoms with E-state index in [4.69, 9.17) is 5.11 Å². The number of carboxylic acid groups (broad SMARTS) is 1. The Balaban J connectivity index is 2.05. The molecule has 1 amide bonds. The van der Waals surface area contributed by atoms with Crippen LogP contribution in [0.4, 0.5) is 0 Å². The van der Waals surface area contributed by atoms with Crippen molar-refractivity contribution in [3.63, 3.8) is 0 Å². The maximum Gasteiger partial charge on any atom is 0.303 e. The van der Waals surface area contributed by atoms with Gasteiger partial charge in [0.2, 0.25) is 5.91 Å². The Morgan fingerprint density at radius 3 is 2.75 bits per heavy atom. The van der Waals surface area contributed by atoms with Crippen LogP contribution in [0.5, 0.6) is 0 Å². The number of nitrogens with zero attached hydrogens (tertiary/aromatic N) is 1. The minimum absolute atomic E-state index is 0.115. The molecule has 0 aromatic carbocycles. The fraction of sp³-hybridized carbons (Fsp3) is 0.867. The zero-order valence-electron chi connectivity index (χ0n) is 12.5. The van der Waals surface area contributed by atoms with Crippen LogP contribution in [0.15, 0.2) is 0 Å². The van der Waals surface area contributed by atoms with Gasteiger partial charge < -0.3 is 15.3 Å². The first-order valence-electron chi connectivity index (χ1n) is 7.67. The first kappa shape index (κ1) is 15.3. The predicted molar refractivity (Wildman–Crippen MR) is 76.3 cm³/mol. The van der Waals surface area contributed by atoms with Gasteiger partial charge in [0.05, 0.1) is 5.41 Å². The molecule has 2 aliphatic heterocycles. The molecule has 2 N–H and O–H groups in total. The molecule has 2 heterocycles. The average Bonchev–Trinajstić information content (AvgIpc) is 2.88. The molecule has 0 spiro atoms. The summed E-state index contributed by atoms with van der Waals surface area (Å²) in [6.45, 7) is 7.27. The van der Waals surface area contributed by atoms with E-state index in [1.54, 1.807) is 0 Å². The van der Waals surface area contributed by atoms with Crippen molar-refractivity contribution in [3.8, 4) is 0 Å². The normalized spacial score (nSPS) is 30.8. The molecule has 2 saturated heterocycles. The monoisotopic (exact) mass is 282 g/mol. The Labute approximate surface area is 120 Å². The third-order valence-electron chi connectivity index (χ3n) is 4.99. The average molecular weight is 282 g/mol. The molecule has 20 heavy (non-hydrogen) atoms. The molecule has 0 aliphatic carbocycles. The lowest BCUT2D eigenvalue weighted by Gasteiger charge is -2.40. The van der Waals surface area contributed by atoms with Crippen LogP contribution in [0.3, 0.4) is 0 Å². The third-order valence-corrected chi connectivity index (χ3v) is 4.99. The van der Waals surface area contributed by atoms with Crippen molar-refractivity contribution >= 4 is 11.9 Å². The van der Waals surface area contributed by atoms with E-state index >= 15 is 0 Å². The molecule has 0 radical (unpaired) electrons. The highest BCUT2D eigenvalue weighted by Crippen LogP contribution is 2.37. The van der Waals surface area contributed by atoms with Gasteiger partial charge in [-0.1, -0.05) is 13.8 Å².